The molecule has 1 aliphatic carbocycles. The van der Waals surface area contributed by atoms with Crippen LogP contribution in [0.1, 0.15) is 37.7 Å². The van der Waals surface area contributed by atoms with E-state index in [1.807, 2.05) is 6.07 Å². The monoisotopic (exact) mass is 262 g/mol. The third-order valence-electron chi connectivity index (χ3n) is 3.59. The molecular weight excluding hydrogens is 240 g/mol. The lowest BCUT2D eigenvalue weighted by Crippen LogP contribution is -2.03. The number of methoxy groups -OCH3 is 2. The molecule has 1 aromatic heterocycles. The number of aromatic nitrogens is 1. The first-order valence-corrected chi connectivity index (χ1v) is 6.81. The molecule has 0 bridgehead atoms. The maximum Gasteiger partial charge on any atom is 0.240 e. The van der Waals surface area contributed by atoms with E-state index in [0.29, 0.717) is 23.4 Å². The summed E-state index contributed by atoms with van der Waals surface area (Å²) in [6.45, 7) is 0. The minimum Gasteiger partial charge on any atom is -0.480 e. The van der Waals surface area contributed by atoms with Gasteiger partial charge in [0.25, 0.3) is 0 Å². The van der Waals surface area contributed by atoms with Crippen molar-refractivity contribution in [1.82, 2.24) is 4.98 Å². The molecule has 0 unspecified atom stereocenters. The average molecular weight is 262 g/mol. The van der Waals surface area contributed by atoms with E-state index in [1.165, 1.54) is 32.1 Å². The molecule has 0 spiro atoms. The van der Waals surface area contributed by atoms with Gasteiger partial charge in [-0.2, -0.15) is 4.98 Å². The van der Waals surface area contributed by atoms with E-state index >= 15 is 0 Å². The van der Waals surface area contributed by atoms with E-state index in [0.717, 1.165) is 5.56 Å². The third-order valence-corrected chi connectivity index (χ3v) is 3.59. The fourth-order valence-electron chi connectivity index (χ4n) is 2.53. The number of ether oxygens (including phenoxy) is 2. The first-order valence-electron chi connectivity index (χ1n) is 6.81. The molecule has 0 saturated heterocycles. The molecule has 1 aromatic rings. The summed E-state index contributed by atoms with van der Waals surface area (Å²) in [5.41, 5.74) is 7.33. The molecule has 0 aromatic carbocycles. The maximum absolute atomic E-state index is 5.89. The fraction of sp³-hybridized carbons (Fsp3) is 0.533. The van der Waals surface area contributed by atoms with E-state index < -0.39 is 0 Å². The molecule has 1 fully saturated rings. The quantitative estimate of drug-likeness (QED) is 0.904. The first kappa shape index (κ1) is 13.7. The van der Waals surface area contributed by atoms with Gasteiger partial charge in [-0.1, -0.05) is 31.4 Å². The first-order chi connectivity index (χ1) is 9.24. The lowest BCUT2D eigenvalue weighted by atomic mass is 9.89. The van der Waals surface area contributed by atoms with Crippen LogP contribution >= 0.6 is 0 Å². The van der Waals surface area contributed by atoms with E-state index in [2.05, 4.69) is 17.1 Å². The van der Waals surface area contributed by atoms with Crippen LogP contribution in [-0.2, 0) is 0 Å². The Morgan fingerprint density at radius 3 is 2.47 bits per heavy atom. The van der Waals surface area contributed by atoms with E-state index in [1.54, 1.807) is 14.2 Å². The molecule has 2 N–H and O–H groups in total. The summed E-state index contributed by atoms with van der Waals surface area (Å²) in [6, 6.07) is 1.85. The van der Waals surface area contributed by atoms with Crippen molar-refractivity contribution >= 4 is 11.8 Å². The maximum atomic E-state index is 5.89. The topological polar surface area (TPSA) is 57.4 Å². The van der Waals surface area contributed by atoms with Crippen LogP contribution in [0.2, 0.25) is 0 Å². The van der Waals surface area contributed by atoms with Gasteiger partial charge in [0.15, 0.2) is 0 Å². The molecular formula is C15H22N2O2. The number of nitrogens with two attached hydrogens (primary N) is 1. The van der Waals surface area contributed by atoms with Crippen LogP contribution in [-0.4, -0.2) is 19.2 Å². The normalized spacial score (nSPS) is 16.7. The zero-order valence-corrected chi connectivity index (χ0v) is 11.7. The minimum atomic E-state index is 0.409. The predicted octanol–water partition coefficient (Wildman–Crippen LogP) is 3.27. The molecule has 1 aliphatic rings. The summed E-state index contributed by atoms with van der Waals surface area (Å²) in [5.74, 6) is 1.63. The van der Waals surface area contributed by atoms with Gasteiger partial charge in [-0.05, 0) is 24.8 Å². The molecule has 4 nitrogen and oxygen atoms in total. The van der Waals surface area contributed by atoms with Crippen LogP contribution in [0, 0.1) is 5.92 Å². The smallest absolute Gasteiger partial charge is 0.240 e. The number of nitrogens with zero attached hydrogens (tertiary/aromatic N) is 1. The highest BCUT2D eigenvalue weighted by atomic mass is 16.5. The van der Waals surface area contributed by atoms with Gasteiger partial charge < -0.3 is 15.2 Å². The molecule has 19 heavy (non-hydrogen) atoms. The van der Waals surface area contributed by atoms with Crippen LogP contribution < -0.4 is 15.2 Å². The highest BCUT2D eigenvalue weighted by Crippen LogP contribution is 2.30. The van der Waals surface area contributed by atoms with Crippen molar-refractivity contribution in [3.8, 4) is 11.8 Å². The number of anilines is 1. The van der Waals surface area contributed by atoms with E-state index in [9.17, 15) is 0 Å². The number of hydrogen-bond donors (Lipinski definition) is 1. The number of nitrogen functional groups attached to an aromatic ring is 1. The summed E-state index contributed by atoms with van der Waals surface area (Å²) in [4.78, 5) is 4.25. The Bertz CT molecular complexity index is 452. The van der Waals surface area contributed by atoms with Crippen LogP contribution in [0.25, 0.3) is 6.08 Å². The van der Waals surface area contributed by atoms with Gasteiger partial charge in [0, 0.05) is 5.56 Å². The molecule has 0 amide bonds. The SMILES string of the molecule is COc1nc(OC)c(/C=C/C2CCCCC2)cc1N. The van der Waals surface area contributed by atoms with Crippen LogP contribution in [0.4, 0.5) is 5.69 Å². The second-order valence-corrected chi connectivity index (χ2v) is 4.94. The van der Waals surface area contributed by atoms with Gasteiger partial charge in [0.1, 0.15) is 0 Å². The minimum absolute atomic E-state index is 0.409. The number of rotatable bonds is 4. The average Bonchev–Trinajstić information content (AvgIpc) is 2.46. The van der Waals surface area contributed by atoms with Gasteiger partial charge in [0.05, 0.1) is 19.9 Å². The Morgan fingerprint density at radius 1 is 1.16 bits per heavy atom. The second-order valence-electron chi connectivity index (χ2n) is 4.94. The van der Waals surface area contributed by atoms with Crippen molar-refractivity contribution in [3.63, 3.8) is 0 Å². The molecule has 2 rings (SSSR count). The van der Waals surface area contributed by atoms with Gasteiger partial charge in [0.2, 0.25) is 11.8 Å². The summed E-state index contributed by atoms with van der Waals surface area (Å²) < 4.78 is 10.4. The second kappa shape index (κ2) is 6.45. The fourth-order valence-corrected chi connectivity index (χ4v) is 2.53. The standard InChI is InChI=1S/C15H22N2O2/c1-18-14-12(10-13(16)15(17-14)19-2)9-8-11-6-4-3-5-7-11/h8-11H,3-7,16H2,1-2H3/b9-8+. The Labute approximate surface area is 114 Å². The lowest BCUT2D eigenvalue weighted by Gasteiger charge is -2.18. The summed E-state index contributed by atoms with van der Waals surface area (Å²) in [5, 5.41) is 0. The molecule has 104 valence electrons. The summed E-state index contributed by atoms with van der Waals surface area (Å²) >= 11 is 0. The number of allylic oxidation sites excluding steroid dienone is 1. The van der Waals surface area contributed by atoms with Crippen molar-refractivity contribution in [1.29, 1.82) is 0 Å². The molecule has 4 heteroatoms. The van der Waals surface area contributed by atoms with Crippen LogP contribution in [0.3, 0.4) is 0 Å². The van der Waals surface area contributed by atoms with Crippen molar-refractivity contribution in [2.45, 2.75) is 32.1 Å². The molecule has 0 atom stereocenters. The van der Waals surface area contributed by atoms with Gasteiger partial charge in [-0.3, -0.25) is 0 Å². The molecule has 0 radical (unpaired) electrons. The summed E-state index contributed by atoms with van der Waals surface area (Å²) in [7, 11) is 3.16. The largest absolute Gasteiger partial charge is 0.480 e. The van der Waals surface area contributed by atoms with Crippen molar-refractivity contribution < 1.29 is 9.47 Å². The van der Waals surface area contributed by atoms with E-state index in [-0.39, 0.29) is 0 Å². The highest BCUT2D eigenvalue weighted by molar-refractivity contribution is 5.63. The molecule has 0 aliphatic heterocycles. The number of pyridine rings is 1. The lowest BCUT2D eigenvalue weighted by molar-refractivity contribution is 0.365. The highest BCUT2D eigenvalue weighted by Gasteiger charge is 2.12. The third kappa shape index (κ3) is 3.40. The zero-order valence-electron chi connectivity index (χ0n) is 11.7. The number of hydrogen-bond acceptors (Lipinski definition) is 4. The van der Waals surface area contributed by atoms with Crippen molar-refractivity contribution in [2.24, 2.45) is 5.92 Å². The van der Waals surface area contributed by atoms with Crippen molar-refractivity contribution in [2.75, 3.05) is 20.0 Å². The van der Waals surface area contributed by atoms with Gasteiger partial charge in [-0.15, -0.1) is 0 Å². The Morgan fingerprint density at radius 2 is 1.84 bits per heavy atom. The predicted molar refractivity (Wildman–Crippen MR) is 77.4 cm³/mol. The Hall–Kier alpha value is -1.71. The van der Waals surface area contributed by atoms with Gasteiger partial charge in [-0.25, -0.2) is 0 Å². The summed E-state index contributed by atoms with van der Waals surface area (Å²) in [6.07, 6.45) is 10.9. The van der Waals surface area contributed by atoms with Gasteiger partial charge >= 0.3 is 0 Å². The zero-order chi connectivity index (χ0) is 13.7. The van der Waals surface area contributed by atoms with Crippen LogP contribution in [0.5, 0.6) is 11.8 Å². The van der Waals surface area contributed by atoms with Crippen molar-refractivity contribution in [3.05, 3.63) is 17.7 Å². The van der Waals surface area contributed by atoms with E-state index in [4.69, 9.17) is 15.2 Å². The molecule has 1 saturated carbocycles. The van der Waals surface area contributed by atoms with Crippen LogP contribution in [0.15, 0.2) is 12.1 Å². The Kier molecular flexibility index (Phi) is 4.66. The Balaban J connectivity index is 2.18. The molecule has 1 heterocycles.